The second-order valence-corrected chi connectivity index (χ2v) is 4.28. The van der Waals surface area contributed by atoms with Gasteiger partial charge in [-0.2, -0.15) is 0 Å². The average Bonchev–Trinajstić information content (AvgIpc) is 2.25. The smallest absolute Gasteiger partial charge is 0.0432 e. The zero-order valence-electron chi connectivity index (χ0n) is 8.93. The van der Waals surface area contributed by atoms with Crippen molar-refractivity contribution in [3.05, 3.63) is 46.0 Å². The molecule has 1 rings (SSSR count). The molecule has 0 saturated heterocycles. The summed E-state index contributed by atoms with van der Waals surface area (Å²) in [5.41, 5.74) is 3.91. The Labute approximate surface area is 101 Å². The molecule has 0 fully saturated rings. The van der Waals surface area contributed by atoms with Crippen molar-refractivity contribution < 1.29 is 0 Å². The van der Waals surface area contributed by atoms with Gasteiger partial charge in [0, 0.05) is 23.2 Å². The van der Waals surface area contributed by atoms with Gasteiger partial charge in [0.05, 0.1) is 0 Å². The third-order valence-electron chi connectivity index (χ3n) is 2.24. The minimum absolute atomic E-state index is 0.273. The zero-order valence-corrected chi connectivity index (χ0v) is 10.4. The molecule has 1 aromatic rings. The van der Waals surface area contributed by atoms with Gasteiger partial charge >= 0.3 is 0 Å². The van der Waals surface area contributed by atoms with E-state index >= 15 is 0 Å². The SMILES string of the molecule is Cc1cccc([C@H](C)NC/C(Cl)=C/Cl)c1. The maximum atomic E-state index is 5.79. The van der Waals surface area contributed by atoms with Gasteiger partial charge in [0.25, 0.3) is 0 Å². The second-order valence-electron chi connectivity index (χ2n) is 3.57. The summed E-state index contributed by atoms with van der Waals surface area (Å²) >= 11 is 11.3. The van der Waals surface area contributed by atoms with Crippen molar-refractivity contribution in [2.75, 3.05) is 6.54 Å². The van der Waals surface area contributed by atoms with Gasteiger partial charge in [-0.05, 0) is 19.4 Å². The molecule has 0 bridgehead atoms. The van der Waals surface area contributed by atoms with Gasteiger partial charge in [-0.15, -0.1) is 0 Å². The van der Waals surface area contributed by atoms with Crippen LogP contribution >= 0.6 is 23.2 Å². The van der Waals surface area contributed by atoms with Crippen LogP contribution in [0.3, 0.4) is 0 Å². The first kappa shape index (κ1) is 12.6. The lowest BCUT2D eigenvalue weighted by molar-refractivity contribution is 0.614. The quantitative estimate of drug-likeness (QED) is 0.845. The van der Waals surface area contributed by atoms with Crippen molar-refractivity contribution in [2.24, 2.45) is 0 Å². The number of rotatable bonds is 4. The molecule has 0 saturated carbocycles. The van der Waals surface area contributed by atoms with E-state index in [0.29, 0.717) is 11.6 Å². The van der Waals surface area contributed by atoms with Gasteiger partial charge in [0.1, 0.15) is 0 Å². The Morgan fingerprint density at radius 3 is 2.87 bits per heavy atom. The number of nitrogens with one attached hydrogen (secondary N) is 1. The van der Waals surface area contributed by atoms with Crippen LogP contribution in [0.5, 0.6) is 0 Å². The second kappa shape index (κ2) is 6.16. The minimum Gasteiger partial charge on any atom is -0.305 e. The van der Waals surface area contributed by atoms with Crippen molar-refractivity contribution in [1.29, 1.82) is 0 Å². The Morgan fingerprint density at radius 1 is 1.53 bits per heavy atom. The summed E-state index contributed by atoms with van der Waals surface area (Å²) in [6.45, 7) is 4.79. The van der Waals surface area contributed by atoms with E-state index in [4.69, 9.17) is 23.2 Å². The van der Waals surface area contributed by atoms with Crippen molar-refractivity contribution in [3.8, 4) is 0 Å². The third-order valence-corrected chi connectivity index (χ3v) is 2.86. The van der Waals surface area contributed by atoms with Crippen LogP contribution in [0.2, 0.25) is 0 Å². The van der Waals surface area contributed by atoms with Crippen LogP contribution in [0.4, 0.5) is 0 Å². The van der Waals surface area contributed by atoms with Crippen molar-refractivity contribution >= 4 is 23.2 Å². The van der Waals surface area contributed by atoms with Crippen LogP contribution < -0.4 is 5.32 Å². The van der Waals surface area contributed by atoms with Gasteiger partial charge in [-0.25, -0.2) is 0 Å². The number of aryl methyl sites for hydroxylation is 1. The molecule has 1 aromatic carbocycles. The molecule has 0 aliphatic carbocycles. The molecular weight excluding hydrogens is 229 g/mol. The highest BCUT2D eigenvalue weighted by Crippen LogP contribution is 2.14. The van der Waals surface area contributed by atoms with Gasteiger partial charge in [0.15, 0.2) is 0 Å². The topological polar surface area (TPSA) is 12.0 Å². The predicted molar refractivity (Wildman–Crippen MR) is 67.4 cm³/mol. The lowest BCUT2D eigenvalue weighted by Crippen LogP contribution is -2.19. The molecule has 0 heterocycles. The van der Waals surface area contributed by atoms with E-state index in [1.54, 1.807) is 0 Å². The molecule has 0 aliphatic rings. The molecule has 0 unspecified atom stereocenters. The van der Waals surface area contributed by atoms with Crippen molar-refractivity contribution in [1.82, 2.24) is 5.32 Å². The maximum Gasteiger partial charge on any atom is 0.0432 e. The summed E-state index contributed by atoms with van der Waals surface area (Å²) in [6.07, 6.45) is 0. The molecule has 1 atom stereocenters. The van der Waals surface area contributed by atoms with Crippen LogP contribution in [-0.2, 0) is 0 Å². The van der Waals surface area contributed by atoms with Gasteiger partial charge in [0.2, 0.25) is 0 Å². The summed E-state index contributed by atoms with van der Waals surface area (Å²) in [6, 6.07) is 8.68. The normalized spacial score (nSPS) is 14.0. The molecule has 0 spiro atoms. The highest BCUT2D eigenvalue weighted by molar-refractivity contribution is 6.36. The molecule has 0 amide bonds. The first-order chi connectivity index (χ1) is 7.13. The highest BCUT2D eigenvalue weighted by Gasteiger charge is 2.04. The summed E-state index contributed by atoms with van der Waals surface area (Å²) in [5, 5.41) is 3.91. The first-order valence-corrected chi connectivity index (χ1v) is 5.69. The molecule has 0 aliphatic heterocycles. The lowest BCUT2D eigenvalue weighted by atomic mass is 10.1. The van der Waals surface area contributed by atoms with E-state index in [2.05, 4.69) is 43.4 Å². The maximum absolute atomic E-state index is 5.79. The summed E-state index contributed by atoms with van der Waals surface area (Å²) < 4.78 is 0. The molecule has 15 heavy (non-hydrogen) atoms. The summed E-state index contributed by atoms with van der Waals surface area (Å²) in [5.74, 6) is 0. The molecule has 82 valence electrons. The zero-order chi connectivity index (χ0) is 11.3. The minimum atomic E-state index is 0.273. The van der Waals surface area contributed by atoms with Crippen molar-refractivity contribution in [2.45, 2.75) is 19.9 Å². The van der Waals surface area contributed by atoms with E-state index in [9.17, 15) is 0 Å². The third kappa shape index (κ3) is 4.25. The molecule has 0 aromatic heterocycles. The predicted octanol–water partition coefficient (Wildman–Crippen LogP) is 3.96. The monoisotopic (exact) mass is 243 g/mol. The fourth-order valence-electron chi connectivity index (χ4n) is 1.35. The van der Waals surface area contributed by atoms with Gasteiger partial charge in [-0.3, -0.25) is 0 Å². The van der Waals surface area contributed by atoms with E-state index in [1.165, 1.54) is 16.7 Å². The molecule has 0 radical (unpaired) electrons. The highest BCUT2D eigenvalue weighted by atomic mass is 35.5. The standard InChI is InChI=1S/C12H15Cl2N/c1-9-4-3-5-11(6-9)10(2)15-8-12(14)7-13/h3-7,10,15H,8H2,1-2H3/b12-7-/t10-/m0/s1. The van der Waals surface area contributed by atoms with Gasteiger partial charge in [-0.1, -0.05) is 53.0 Å². The van der Waals surface area contributed by atoms with E-state index in [1.807, 2.05) is 0 Å². The van der Waals surface area contributed by atoms with Crippen LogP contribution in [-0.4, -0.2) is 6.54 Å². The van der Waals surface area contributed by atoms with E-state index in [-0.39, 0.29) is 6.04 Å². The number of hydrogen-bond donors (Lipinski definition) is 1. The van der Waals surface area contributed by atoms with E-state index in [0.717, 1.165) is 0 Å². The van der Waals surface area contributed by atoms with Gasteiger partial charge < -0.3 is 5.32 Å². The molecule has 1 nitrogen and oxygen atoms in total. The Balaban J connectivity index is 2.57. The Morgan fingerprint density at radius 2 is 2.27 bits per heavy atom. The van der Waals surface area contributed by atoms with E-state index < -0.39 is 0 Å². The number of halogens is 2. The molecule has 3 heteroatoms. The Bertz CT molecular complexity index is 347. The summed E-state index contributed by atoms with van der Waals surface area (Å²) in [4.78, 5) is 0. The lowest BCUT2D eigenvalue weighted by Gasteiger charge is -2.14. The van der Waals surface area contributed by atoms with Crippen LogP contribution in [0.1, 0.15) is 24.1 Å². The van der Waals surface area contributed by atoms with Crippen LogP contribution in [0.15, 0.2) is 34.8 Å². The van der Waals surface area contributed by atoms with Crippen LogP contribution in [0.25, 0.3) is 0 Å². The first-order valence-electron chi connectivity index (χ1n) is 4.88. The Hall–Kier alpha value is -0.500. The fraction of sp³-hybridized carbons (Fsp3) is 0.333. The number of hydrogen-bond acceptors (Lipinski definition) is 1. The largest absolute Gasteiger partial charge is 0.305 e. The summed E-state index contributed by atoms with van der Waals surface area (Å²) in [7, 11) is 0. The van der Waals surface area contributed by atoms with Crippen molar-refractivity contribution in [3.63, 3.8) is 0 Å². The van der Waals surface area contributed by atoms with Crippen LogP contribution in [0, 0.1) is 6.92 Å². The molecular formula is C12H15Cl2N. The number of benzene rings is 1. The Kier molecular flexibility index (Phi) is 5.16. The fourth-order valence-corrected chi connectivity index (χ4v) is 1.50. The average molecular weight is 244 g/mol. The molecule has 1 N–H and O–H groups in total.